The molecule has 0 spiro atoms. The highest BCUT2D eigenvalue weighted by atomic mass is 35.5. The summed E-state index contributed by atoms with van der Waals surface area (Å²) in [4.78, 5) is 15.9. The lowest BCUT2D eigenvalue weighted by Crippen LogP contribution is -2.02. The van der Waals surface area contributed by atoms with Gasteiger partial charge in [0.15, 0.2) is 5.78 Å². The third kappa shape index (κ3) is 2.27. The minimum atomic E-state index is -0.0666. The van der Waals surface area contributed by atoms with Gasteiger partial charge in [-0.2, -0.15) is 0 Å². The fourth-order valence-electron chi connectivity index (χ4n) is 1.21. The Labute approximate surface area is 95.7 Å². The Balaban J connectivity index is 2.14. The molecule has 2 aromatic rings. The maximum Gasteiger partial charge on any atom is 0.203 e. The number of hydrogen-bond acceptors (Lipinski definition) is 4. The number of Topliss-reactive ketones (excluding diaryl/α,β-unsaturated/α-hetero) is 1. The van der Waals surface area contributed by atoms with Crippen molar-refractivity contribution in [3.63, 3.8) is 0 Å². The molecule has 3 nitrogen and oxygen atoms in total. The highest BCUT2D eigenvalue weighted by molar-refractivity contribution is 7.09. The molecule has 0 aliphatic carbocycles. The van der Waals surface area contributed by atoms with Gasteiger partial charge in [0.25, 0.3) is 0 Å². The van der Waals surface area contributed by atoms with Crippen LogP contribution in [0.5, 0.6) is 0 Å². The number of nitrogens with zero attached hydrogens (tertiary/aromatic N) is 1. The number of aromatic nitrogens is 1. The minimum absolute atomic E-state index is 0.0666. The van der Waals surface area contributed by atoms with Gasteiger partial charge in [0.05, 0.1) is 18.2 Å². The fraction of sp³-hybridized carbons (Fsp3) is 0.200. The van der Waals surface area contributed by atoms with E-state index in [1.54, 1.807) is 6.07 Å². The average molecular weight is 242 g/mol. The molecule has 78 valence electrons. The smallest absolute Gasteiger partial charge is 0.203 e. The first kappa shape index (κ1) is 10.4. The topological polar surface area (TPSA) is 43.1 Å². The van der Waals surface area contributed by atoms with E-state index in [0.29, 0.717) is 5.56 Å². The maximum atomic E-state index is 11.7. The molecular formula is C10H8ClNO2S. The van der Waals surface area contributed by atoms with Crippen molar-refractivity contribution in [2.24, 2.45) is 0 Å². The summed E-state index contributed by atoms with van der Waals surface area (Å²) in [6.45, 7) is 1.90. The molecule has 0 aliphatic rings. The number of hydrogen-bond donors (Lipinski definition) is 0. The average Bonchev–Trinajstić information content (AvgIpc) is 2.75. The van der Waals surface area contributed by atoms with E-state index in [0.717, 1.165) is 10.7 Å². The summed E-state index contributed by atoms with van der Waals surface area (Å²) in [5, 5.41) is 2.86. The van der Waals surface area contributed by atoms with E-state index in [1.807, 2.05) is 12.3 Å². The summed E-state index contributed by atoms with van der Waals surface area (Å²) < 4.78 is 4.86. The molecule has 0 aliphatic heterocycles. The first-order valence-corrected chi connectivity index (χ1v) is 5.60. The lowest BCUT2D eigenvalue weighted by atomic mass is 10.2. The van der Waals surface area contributed by atoms with E-state index in [4.69, 9.17) is 16.0 Å². The number of carbonyl (C=O) groups is 1. The van der Waals surface area contributed by atoms with Crippen LogP contribution < -0.4 is 0 Å². The number of furan rings is 1. The first-order chi connectivity index (χ1) is 7.16. The molecule has 0 radical (unpaired) electrons. The zero-order valence-electron chi connectivity index (χ0n) is 7.99. The van der Waals surface area contributed by atoms with Crippen LogP contribution in [0.3, 0.4) is 0 Å². The predicted molar refractivity (Wildman–Crippen MR) is 58.6 cm³/mol. The van der Waals surface area contributed by atoms with Gasteiger partial charge in [0.1, 0.15) is 5.01 Å². The summed E-state index contributed by atoms with van der Waals surface area (Å²) in [6.07, 6.45) is 1.68. The molecule has 15 heavy (non-hydrogen) atoms. The molecule has 2 aromatic heterocycles. The number of aryl methyl sites for hydroxylation is 1. The quantitative estimate of drug-likeness (QED) is 0.776. The first-order valence-electron chi connectivity index (χ1n) is 4.34. The van der Waals surface area contributed by atoms with Crippen LogP contribution in [0.4, 0.5) is 0 Å². The van der Waals surface area contributed by atoms with Crippen LogP contribution in [0.2, 0.25) is 5.22 Å². The Bertz CT molecular complexity index is 489. The number of halogens is 1. The number of rotatable bonds is 3. The predicted octanol–water partition coefficient (Wildman–Crippen LogP) is 3.12. The van der Waals surface area contributed by atoms with Crippen LogP contribution >= 0.6 is 22.9 Å². The summed E-state index contributed by atoms with van der Waals surface area (Å²) in [7, 11) is 0. The van der Waals surface area contributed by atoms with Crippen LogP contribution in [0.1, 0.15) is 21.1 Å². The Morgan fingerprint density at radius 2 is 2.47 bits per heavy atom. The SMILES string of the molecule is Cc1csc(CC(=O)c2ccoc2Cl)n1. The van der Waals surface area contributed by atoms with Crippen LogP contribution in [0, 0.1) is 6.92 Å². The molecule has 0 saturated carbocycles. The normalized spacial score (nSPS) is 10.5. The molecule has 0 amide bonds. The monoisotopic (exact) mass is 241 g/mol. The van der Waals surface area contributed by atoms with E-state index in [1.165, 1.54) is 17.6 Å². The second-order valence-corrected chi connectivity index (χ2v) is 4.38. The summed E-state index contributed by atoms with van der Waals surface area (Å²) >= 11 is 7.18. The van der Waals surface area contributed by atoms with E-state index in [2.05, 4.69) is 4.98 Å². The summed E-state index contributed by atoms with van der Waals surface area (Å²) in [5.74, 6) is -0.0666. The van der Waals surface area contributed by atoms with E-state index in [9.17, 15) is 4.79 Å². The van der Waals surface area contributed by atoms with Crippen molar-refractivity contribution in [1.82, 2.24) is 4.98 Å². The third-order valence-electron chi connectivity index (χ3n) is 1.90. The standard InChI is InChI=1S/C10H8ClNO2S/c1-6-5-15-9(12-6)4-8(13)7-2-3-14-10(7)11/h2-3,5H,4H2,1H3. The number of thiazole rings is 1. The van der Waals surface area contributed by atoms with Gasteiger partial charge in [-0.25, -0.2) is 4.98 Å². The summed E-state index contributed by atoms with van der Waals surface area (Å²) in [5.41, 5.74) is 1.35. The highest BCUT2D eigenvalue weighted by Crippen LogP contribution is 2.19. The van der Waals surface area contributed by atoms with Gasteiger partial charge >= 0.3 is 0 Å². The van der Waals surface area contributed by atoms with Gasteiger partial charge in [-0.05, 0) is 24.6 Å². The van der Waals surface area contributed by atoms with Gasteiger partial charge in [0, 0.05) is 11.1 Å². The lowest BCUT2D eigenvalue weighted by molar-refractivity contribution is 0.0992. The molecule has 0 atom stereocenters. The van der Waals surface area contributed by atoms with E-state index < -0.39 is 0 Å². The second kappa shape index (κ2) is 4.16. The molecule has 0 saturated heterocycles. The largest absolute Gasteiger partial charge is 0.452 e. The van der Waals surface area contributed by atoms with Crippen LogP contribution in [0.15, 0.2) is 22.1 Å². The molecule has 0 bridgehead atoms. The lowest BCUT2D eigenvalue weighted by Gasteiger charge is -1.94. The van der Waals surface area contributed by atoms with Crippen LogP contribution in [0.25, 0.3) is 0 Å². The molecule has 5 heteroatoms. The van der Waals surface area contributed by atoms with Gasteiger partial charge in [-0.3, -0.25) is 4.79 Å². The number of carbonyl (C=O) groups excluding carboxylic acids is 1. The van der Waals surface area contributed by atoms with Crippen molar-refractivity contribution in [1.29, 1.82) is 0 Å². The fourth-order valence-corrected chi connectivity index (χ4v) is 2.20. The van der Waals surface area contributed by atoms with Crippen molar-refractivity contribution in [2.75, 3.05) is 0 Å². The van der Waals surface area contributed by atoms with Crippen LogP contribution in [-0.4, -0.2) is 10.8 Å². The van der Waals surface area contributed by atoms with E-state index >= 15 is 0 Å². The molecule has 0 N–H and O–H groups in total. The minimum Gasteiger partial charge on any atom is -0.452 e. The van der Waals surface area contributed by atoms with Crippen molar-refractivity contribution in [2.45, 2.75) is 13.3 Å². The molecule has 0 aromatic carbocycles. The Hall–Kier alpha value is -1.13. The molecule has 2 rings (SSSR count). The Kier molecular flexibility index (Phi) is 2.88. The Morgan fingerprint density at radius 3 is 3.00 bits per heavy atom. The van der Waals surface area contributed by atoms with Gasteiger partial charge in [-0.1, -0.05) is 0 Å². The number of ketones is 1. The van der Waals surface area contributed by atoms with E-state index in [-0.39, 0.29) is 17.4 Å². The third-order valence-corrected chi connectivity index (χ3v) is 3.16. The van der Waals surface area contributed by atoms with Gasteiger partial charge in [0.2, 0.25) is 5.22 Å². The van der Waals surface area contributed by atoms with Gasteiger partial charge < -0.3 is 4.42 Å². The zero-order valence-corrected chi connectivity index (χ0v) is 9.56. The molecule has 2 heterocycles. The molecule has 0 unspecified atom stereocenters. The second-order valence-electron chi connectivity index (χ2n) is 3.09. The summed E-state index contributed by atoms with van der Waals surface area (Å²) in [6, 6.07) is 1.57. The van der Waals surface area contributed by atoms with Crippen molar-refractivity contribution in [3.05, 3.63) is 39.2 Å². The Morgan fingerprint density at radius 1 is 1.67 bits per heavy atom. The van der Waals surface area contributed by atoms with Crippen LogP contribution in [-0.2, 0) is 6.42 Å². The maximum absolute atomic E-state index is 11.7. The van der Waals surface area contributed by atoms with Crippen molar-refractivity contribution < 1.29 is 9.21 Å². The van der Waals surface area contributed by atoms with Gasteiger partial charge in [-0.15, -0.1) is 11.3 Å². The highest BCUT2D eigenvalue weighted by Gasteiger charge is 2.14. The molecular weight excluding hydrogens is 234 g/mol. The zero-order chi connectivity index (χ0) is 10.8. The van der Waals surface area contributed by atoms with Crippen molar-refractivity contribution >= 4 is 28.7 Å². The molecule has 0 fully saturated rings. The van der Waals surface area contributed by atoms with Crippen molar-refractivity contribution in [3.8, 4) is 0 Å².